The molecule has 0 aliphatic rings. The third kappa shape index (κ3) is 2.56. The summed E-state index contributed by atoms with van der Waals surface area (Å²) in [6.07, 6.45) is 0. The monoisotopic (exact) mass is 246 g/mol. The number of carboxylic acids is 1. The molecule has 0 aromatic rings. The van der Waals surface area contributed by atoms with Gasteiger partial charge in [0.15, 0.2) is 0 Å². The topological polar surface area (TPSA) is 72.8 Å². The number of hydrogen-bond donors (Lipinski definition) is 1. The number of halogens is 1. The first-order chi connectivity index (χ1) is 4.98. The zero-order valence-electron chi connectivity index (χ0n) is 5.98. The molecule has 0 radical (unpaired) electrons. The summed E-state index contributed by atoms with van der Waals surface area (Å²) in [7, 11) is -1.26. The molecule has 0 aromatic carbocycles. The molecule has 11 heavy (non-hydrogen) atoms. The lowest BCUT2D eigenvalue weighted by molar-refractivity contribution is -0.135. The zero-order valence-corrected chi connectivity index (χ0v) is 8.46. The zero-order chi connectivity index (χ0) is 9.07. The average molecular weight is 247 g/mol. The molecule has 0 spiro atoms. The van der Waals surface area contributed by atoms with Gasteiger partial charge in [-0.05, 0) is 0 Å². The fourth-order valence-electron chi connectivity index (χ4n) is 0.395. The highest BCUT2D eigenvalue weighted by molar-refractivity contribution is 9.11. The molecule has 1 N–H and O–H groups in total. The summed E-state index contributed by atoms with van der Waals surface area (Å²) in [5.74, 6) is -1.28. The highest BCUT2D eigenvalue weighted by Gasteiger charge is 2.37. The van der Waals surface area contributed by atoms with Gasteiger partial charge in [0.25, 0.3) is 0 Å². The van der Waals surface area contributed by atoms with Gasteiger partial charge in [-0.15, -0.1) is 0 Å². The van der Waals surface area contributed by atoms with Crippen molar-refractivity contribution in [1.29, 1.82) is 0 Å². The molecule has 0 saturated heterocycles. The molecular formula is C4H8BrO5P. The second-order valence-corrected chi connectivity index (χ2v) is 5.53. The lowest BCUT2D eigenvalue weighted by Crippen LogP contribution is -2.14. The molecule has 0 aliphatic carbocycles. The Balaban J connectivity index is 4.51. The number of carbonyl (C=O) groups is 1. The van der Waals surface area contributed by atoms with Crippen LogP contribution >= 0.6 is 23.5 Å². The van der Waals surface area contributed by atoms with Crippen LogP contribution in [0.15, 0.2) is 0 Å². The second-order valence-electron chi connectivity index (χ2n) is 1.58. The van der Waals surface area contributed by atoms with Crippen LogP contribution in [0, 0.1) is 0 Å². The van der Waals surface area contributed by atoms with Crippen LogP contribution in [0.3, 0.4) is 0 Å². The Hall–Kier alpha value is 0.100. The van der Waals surface area contributed by atoms with Crippen LogP contribution in [0.1, 0.15) is 0 Å². The molecule has 0 amide bonds. The van der Waals surface area contributed by atoms with E-state index in [1.165, 1.54) is 0 Å². The Morgan fingerprint density at radius 1 is 1.55 bits per heavy atom. The van der Waals surface area contributed by atoms with Gasteiger partial charge in [-0.25, -0.2) is 0 Å². The van der Waals surface area contributed by atoms with Gasteiger partial charge in [-0.3, -0.25) is 9.36 Å². The largest absolute Gasteiger partial charge is 0.480 e. The molecule has 1 atom stereocenters. The van der Waals surface area contributed by atoms with Gasteiger partial charge in [0, 0.05) is 14.2 Å². The minimum atomic E-state index is -3.51. The van der Waals surface area contributed by atoms with Gasteiger partial charge in [-0.1, -0.05) is 15.9 Å². The van der Waals surface area contributed by atoms with E-state index in [4.69, 9.17) is 5.11 Å². The molecule has 0 bridgehead atoms. The Kier molecular flexibility index (Phi) is 4.25. The number of alkyl halides is 1. The first-order valence-corrected chi connectivity index (χ1v) is 5.08. The summed E-state index contributed by atoms with van der Waals surface area (Å²) in [6, 6.07) is 0. The van der Waals surface area contributed by atoms with E-state index in [1.54, 1.807) is 0 Å². The molecule has 0 rings (SSSR count). The smallest absolute Gasteiger partial charge is 0.355 e. The summed E-state index contributed by atoms with van der Waals surface area (Å²) in [5.41, 5.74) is 0. The predicted molar refractivity (Wildman–Crippen MR) is 42.0 cm³/mol. The van der Waals surface area contributed by atoms with E-state index in [-0.39, 0.29) is 0 Å². The van der Waals surface area contributed by atoms with Crippen molar-refractivity contribution in [2.45, 2.75) is 4.57 Å². The molecule has 0 aromatic heterocycles. The molecule has 7 heteroatoms. The highest BCUT2D eigenvalue weighted by atomic mass is 79.9. The van der Waals surface area contributed by atoms with Crippen molar-refractivity contribution in [3.05, 3.63) is 0 Å². The third-order valence-electron chi connectivity index (χ3n) is 0.990. The molecular weight excluding hydrogens is 239 g/mol. The Labute approximate surface area is 72.3 Å². The number of aliphatic carboxylic acids is 1. The van der Waals surface area contributed by atoms with Crippen LogP contribution < -0.4 is 0 Å². The molecule has 0 saturated carbocycles. The van der Waals surface area contributed by atoms with Crippen LogP contribution in [0.2, 0.25) is 0 Å². The maximum Gasteiger partial charge on any atom is 0.355 e. The third-order valence-corrected chi connectivity index (χ3v) is 4.68. The predicted octanol–water partition coefficient (Wildman–Crippen LogP) is 1.28. The van der Waals surface area contributed by atoms with Crippen molar-refractivity contribution in [3.8, 4) is 0 Å². The number of hydrogen-bond acceptors (Lipinski definition) is 4. The van der Waals surface area contributed by atoms with Gasteiger partial charge in [0.05, 0.1) is 0 Å². The van der Waals surface area contributed by atoms with Crippen molar-refractivity contribution in [2.24, 2.45) is 0 Å². The maximum absolute atomic E-state index is 11.2. The van der Waals surface area contributed by atoms with E-state index in [9.17, 15) is 9.36 Å². The molecule has 0 fully saturated rings. The summed E-state index contributed by atoms with van der Waals surface area (Å²) >= 11 is 2.67. The van der Waals surface area contributed by atoms with Crippen molar-refractivity contribution >= 4 is 29.5 Å². The average Bonchev–Trinajstić information content (AvgIpc) is 2.01. The van der Waals surface area contributed by atoms with E-state index in [1.807, 2.05) is 0 Å². The maximum atomic E-state index is 11.2. The highest BCUT2D eigenvalue weighted by Crippen LogP contribution is 2.54. The van der Waals surface area contributed by atoms with Crippen LogP contribution in [-0.4, -0.2) is 29.9 Å². The van der Waals surface area contributed by atoms with Crippen molar-refractivity contribution in [3.63, 3.8) is 0 Å². The Morgan fingerprint density at radius 3 is 2.00 bits per heavy atom. The van der Waals surface area contributed by atoms with Crippen molar-refractivity contribution in [1.82, 2.24) is 0 Å². The quantitative estimate of drug-likeness (QED) is 0.598. The standard InChI is InChI=1S/C4H8BrO5P/c1-9-11(8,10-2)3(5)4(6)7/h3H,1-2H3,(H,6,7). The van der Waals surface area contributed by atoms with Crippen molar-refractivity contribution in [2.75, 3.05) is 14.2 Å². The number of carboxylic acid groups (broad SMARTS) is 1. The van der Waals surface area contributed by atoms with Gasteiger partial charge in [-0.2, -0.15) is 0 Å². The van der Waals surface area contributed by atoms with E-state index in [0.717, 1.165) is 14.2 Å². The Bertz CT molecular complexity index is 185. The van der Waals surface area contributed by atoms with Gasteiger partial charge >= 0.3 is 13.6 Å². The van der Waals surface area contributed by atoms with Crippen LogP contribution in [-0.2, 0) is 18.4 Å². The van der Waals surface area contributed by atoms with E-state index in [2.05, 4.69) is 25.0 Å². The summed E-state index contributed by atoms with van der Waals surface area (Å²) in [6.45, 7) is 0. The lowest BCUT2D eigenvalue weighted by Gasteiger charge is -2.15. The normalized spacial score (nSPS) is 14.5. The van der Waals surface area contributed by atoms with Gasteiger partial charge < -0.3 is 14.2 Å². The minimum absolute atomic E-state index is 1.13. The second kappa shape index (κ2) is 4.21. The first kappa shape index (κ1) is 11.1. The first-order valence-electron chi connectivity index (χ1n) is 2.56. The SMILES string of the molecule is COP(=O)(OC)C(Br)C(=O)O. The van der Waals surface area contributed by atoms with Crippen molar-refractivity contribution < 1.29 is 23.5 Å². The Morgan fingerprint density at radius 2 is 1.91 bits per heavy atom. The molecule has 1 unspecified atom stereocenters. The number of rotatable bonds is 4. The van der Waals surface area contributed by atoms with Crippen LogP contribution in [0.25, 0.3) is 0 Å². The van der Waals surface area contributed by atoms with Gasteiger partial charge in [0.2, 0.25) is 4.57 Å². The summed E-state index contributed by atoms with van der Waals surface area (Å²) in [5, 5.41) is 8.40. The molecule has 5 nitrogen and oxygen atoms in total. The van der Waals surface area contributed by atoms with Gasteiger partial charge in [0.1, 0.15) is 0 Å². The van der Waals surface area contributed by atoms with E-state index in [0.29, 0.717) is 0 Å². The fraction of sp³-hybridized carbons (Fsp3) is 0.750. The summed E-state index contributed by atoms with van der Waals surface area (Å²) in [4.78, 5) is 10.3. The molecule has 0 aliphatic heterocycles. The minimum Gasteiger partial charge on any atom is -0.480 e. The molecule has 66 valence electrons. The summed E-state index contributed by atoms with van der Waals surface area (Å²) < 4.78 is 18.7. The molecule has 0 heterocycles. The van der Waals surface area contributed by atoms with Crippen LogP contribution in [0.5, 0.6) is 0 Å². The lowest BCUT2D eigenvalue weighted by atomic mass is 10.8. The van der Waals surface area contributed by atoms with E-state index >= 15 is 0 Å². The fourth-order valence-corrected chi connectivity index (χ4v) is 2.19. The van der Waals surface area contributed by atoms with Crippen LogP contribution in [0.4, 0.5) is 0 Å². The van der Waals surface area contributed by atoms with E-state index < -0.39 is 18.1 Å².